The standard InChI is InChI=1S/C23H22O/c1-22(2,3)16-9-8-10-17(15-16)23(24)20-13-6-4-11-18(20)19-12-5-7-14-21(19)23/h4-15,24H,1-3H3. The lowest BCUT2D eigenvalue weighted by atomic mass is 9.80. The van der Waals surface area contributed by atoms with Crippen LogP contribution in [-0.4, -0.2) is 5.11 Å². The van der Waals surface area contributed by atoms with Crippen molar-refractivity contribution in [2.75, 3.05) is 0 Å². The molecule has 0 bridgehead atoms. The number of benzene rings is 3. The fraction of sp³-hybridized carbons (Fsp3) is 0.217. The van der Waals surface area contributed by atoms with E-state index in [1.54, 1.807) is 0 Å². The molecule has 24 heavy (non-hydrogen) atoms. The minimum absolute atomic E-state index is 0.0456. The number of hydrogen-bond donors (Lipinski definition) is 1. The first-order chi connectivity index (χ1) is 11.4. The second-order valence-corrected chi connectivity index (χ2v) is 7.63. The summed E-state index contributed by atoms with van der Waals surface area (Å²) in [6.45, 7) is 6.60. The molecule has 4 rings (SSSR count). The van der Waals surface area contributed by atoms with Crippen LogP contribution in [0.5, 0.6) is 0 Å². The van der Waals surface area contributed by atoms with Crippen molar-refractivity contribution < 1.29 is 5.11 Å². The number of rotatable bonds is 1. The molecule has 0 radical (unpaired) electrons. The molecule has 1 N–H and O–H groups in total. The van der Waals surface area contributed by atoms with Crippen molar-refractivity contribution in [3.05, 3.63) is 95.1 Å². The zero-order valence-electron chi connectivity index (χ0n) is 14.4. The van der Waals surface area contributed by atoms with Gasteiger partial charge < -0.3 is 5.11 Å². The van der Waals surface area contributed by atoms with E-state index in [1.807, 2.05) is 42.5 Å². The predicted molar refractivity (Wildman–Crippen MR) is 99.1 cm³/mol. The SMILES string of the molecule is CC(C)(C)c1cccc(C2(O)c3ccccc3-c3ccccc32)c1. The number of fused-ring (bicyclic) bond motifs is 3. The lowest BCUT2D eigenvalue weighted by molar-refractivity contribution is 0.130. The van der Waals surface area contributed by atoms with Crippen molar-refractivity contribution >= 4 is 0 Å². The minimum Gasteiger partial charge on any atom is -0.376 e. The summed E-state index contributed by atoms with van der Waals surface area (Å²) in [7, 11) is 0. The Morgan fingerprint density at radius 3 is 1.79 bits per heavy atom. The van der Waals surface area contributed by atoms with Gasteiger partial charge in [-0.2, -0.15) is 0 Å². The van der Waals surface area contributed by atoms with Gasteiger partial charge in [-0.3, -0.25) is 0 Å². The van der Waals surface area contributed by atoms with Gasteiger partial charge in [0.05, 0.1) is 0 Å². The van der Waals surface area contributed by atoms with E-state index in [1.165, 1.54) is 5.56 Å². The molecule has 1 nitrogen and oxygen atoms in total. The van der Waals surface area contributed by atoms with E-state index in [-0.39, 0.29) is 5.41 Å². The minimum atomic E-state index is -1.09. The molecular weight excluding hydrogens is 292 g/mol. The fourth-order valence-electron chi connectivity index (χ4n) is 3.73. The molecule has 3 aromatic carbocycles. The summed E-state index contributed by atoms with van der Waals surface area (Å²) in [5.74, 6) is 0. The van der Waals surface area contributed by atoms with Crippen molar-refractivity contribution in [1.29, 1.82) is 0 Å². The van der Waals surface area contributed by atoms with E-state index < -0.39 is 5.60 Å². The smallest absolute Gasteiger partial charge is 0.141 e. The Bertz CT molecular complexity index is 870. The maximum atomic E-state index is 11.9. The molecule has 0 heterocycles. The highest BCUT2D eigenvalue weighted by atomic mass is 16.3. The Hall–Kier alpha value is -2.38. The first kappa shape index (κ1) is 15.2. The van der Waals surface area contributed by atoms with Crippen LogP contribution in [-0.2, 0) is 11.0 Å². The second-order valence-electron chi connectivity index (χ2n) is 7.63. The molecule has 0 fully saturated rings. The van der Waals surface area contributed by atoms with Gasteiger partial charge in [0.15, 0.2) is 0 Å². The maximum Gasteiger partial charge on any atom is 0.141 e. The molecule has 1 aliphatic carbocycles. The quantitative estimate of drug-likeness (QED) is 0.650. The summed E-state index contributed by atoms with van der Waals surface area (Å²) in [6, 6.07) is 24.7. The fourth-order valence-corrected chi connectivity index (χ4v) is 3.73. The van der Waals surface area contributed by atoms with Gasteiger partial charge in [0.25, 0.3) is 0 Å². The largest absolute Gasteiger partial charge is 0.376 e. The van der Waals surface area contributed by atoms with Gasteiger partial charge in [0.2, 0.25) is 0 Å². The molecule has 0 atom stereocenters. The first-order valence-electron chi connectivity index (χ1n) is 8.45. The zero-order chi connectivity index (χ0) is 16.9. The molecule has 0 aliphatic heterocycles. The third kappa shape index (κ3) is 2.05. The molecule has 0 amide bonds. The molecule has 1 heteroatoms. The van der Waals surface area contributed by atoms with Crippen molar-refractivity contribution in [3.8, 4) is 11.1 Å². The van der Waals surface area contributed by atoms with Crippen LogP contribution >= 0.6 is 0 Å². The van der Waals surface area contributed by atoms with E-state index in [4.69, 9.17) is 0 Å². The molecule has 1 aliphatic rings. The highest BCUT2D eigenvalue weighted by Gasteiger charge is 2.42. The lowest BCUT2D eigenvalue weighted by Crippen LogP contribution is -2.27. The van der Waals surface area contributed by atoms with E-state index in [0.717, 1.165) is 27.8 Å². The topological polar surface area (TPSA) is 20.2 Å². The lowest BCUT2D eigenvalue weighted by Gasteiger charge is -2.29. The molecule has 0 spiro atoms. The predicted octanol–water partition coefficient (Wildman–Crippen LogP) is 5.25. The van der Waals surface area contributed by atoms with E-state index >= 15 is 0 Å². The van der Waals surface area contributed by atoms with Gasteiger partial charge >= 0.3 is 0 Å². The monoisotopic (exact) mass is 314 g/mol. The molecule has 0 unspecified atom stereocenters. The third-order valence-corrected chi connectivity index (χ3v) is 5.07. The van der Waals surface area contributed by atoms with E-state index in [0.29, 0.717) is 0 Å². The van der Waals surface area contributed by atoms with Gasteiger partial charge in [-0.1, -0.05) is 93.6 Å². The van der Waals surface area contributed by atoms with Gasteiger partial charge in [-0.25, -0.2) is 0 Å². The average Bonchev–Trinajstić information content (AvgIpc) is 2.86. The molecule has 0 saturated heterocycles. The molecular formula is C23H22O. The highest BCUT2D eigenvalue weighted by molar-refractivity contribution is 5.82. The van der Waals surface area contributed by atoms with Crippen LogP contribution in [0, 0.1) is 0 Å². The van der Waals surface area contributed by atoms with E-state index in [9.17, 15) is 5.11 Å². The van der Waals surface area contributed by atoms with E-state index in [2.05, 4.69) is 51.1 Å². The van der Waals surface area contributed by atoms with Crippen LogP contribution in [0.15, 0.2) is 72.8 Å². The van der Waals surface area contributed by atoms with Crippen molar-refractivity contribution in [1.82, 2.24) is 0 Å². The van der Waals surface area contributed by atoms with Crippen LogP contribution in [0.1, 0.15) is 43.0 Å². The van der Waals surface area contributed by atoms with Gasteiger partial charge in [-0.15, -0.1) is 0 Å². The first-order valence-corrected chi connectivity index (χ1v) is 8.45. The Kier molecular flexibility index (Phi) is 3.20. The summed E-state index contributed by atoms with van der Waals surface area (Å²) in [5, 5.41) is 11.9. The Morgan fingerprint density at radius 1 is 0.708 bits per heavy atom. The summed E-state index contributed by atoms with van der Waals surface area (Å²) in [4.78, 5) is 0. The van der Waals surface area contributed by atoms with Crippen molar-refractivity contribution in [3.63, 3.8) is 0 Å². The molecule has 120 valence electrons. The van der Waals surface area contributed by atoms with Crippen LogP contribution in [0.25, 0.3) is 11.1 Å². The van der Waals surface area contributed by atoms with Crippen LogP contribution in [0.4, 0.5) is 0 Å². The highest BCUT2D eigenvalue weighted by Crippen LogP contribution is 2.50. The van der Waals surface area contributed by atoms with Crippen molar-refractivity contribution in [2.24, 2.45) is 0 Å². The normalized spacial score (nSPS) is 15.0. The summed E-state index contributed by atoms with van der Waals surface area (Å²) in [6.07, 6.45) is 0. The zero-order valence-corrected chi connectivity index (χ0v) is 14.4. The Labute approximate surface area is 143 Å². The van der Waals surface area contributed by atoms with Gasteiger partial charge in [0.1, 0.15) is 5.60 Å². The maximum absolute atomic E-state index is 11.9. The molecule has 0 aromatic heterocycles. The number of hydrogen-bond acceptors (Lipinski definition) is 1. The van der Waals surface area contributed by atoms with Crippen LogP contribution in [0.3, 0.4) is 0 Å². The van der Waals surface area contributed by atoms with Gasteiger partial charge in [-0.05, 0) is 27.7 Å². The summed E-state index contributed by atoms with van der Waals surface area (Å²) >= 11 is 0. The summed E-state index contributed by atoms with van der Waals surface area (Å²) in [5.41, 5.74) is 5.31. The summed E-state index contributed by atoms with van der Waals surface area (Å²) < 4.78 is 0. The Morgan fingerprint density at radius 2 is 1.25 bits per heavy atom. The van der Waals surface area contributed by atoms with Gasteiger partial charge in [0, 0.05) is 11.1 Å². The number of aliphatic hydroxyl groups is 1. The Balaban J connectivity index is 2.01. The second kappa shape index (κ2) is 5.06. The van der Waals surface area contributed by atoms with Crippen LogP contribution < -0.4 is 0 Å². The van der Waals surface area contributed by atoms with Crippen molar-refractivity contribution in [2.45, 2.75) is 31.8 Å². The molecule has 3 aromatic rings. The van der Waals surface area contributed by atoms with Crippen LogP contribution in [0.2, 0.25) is 0 Å². The molecule has 0 saturated carbocycles. The third-order valence-electron chi connectivity index (χ3n) is 5.07. The average molecular weight is 314 g/mol.